The third-order valence-electron chi connectivity index (χ3n) is 7.35. The zero-order chi connectivity index (χ0) is 31.5. The summed E-state index contributed by atoms with van der Waals surface area (Å²) < 4.78 is 13.9. The van der Waals surface area contributed by atoms with E-state index in [0.29, 0.717) is 11.3 Å². The summed E-state index contributed by atoms with van der Waals surface area (Å²) in [7, 11) is 1.00. The van der Waals surface area contributed by atoms with Crippen LogP contribution in [0, 0.1) is 18.7 Å². The molecule has 3 heterocycles. The third-order valence-corrected chi connectivity index (χ3v) is 8.55. The molecular formula is C35H53FN4OS. The van der Waals surface area contributed by atoms with Gasteiger partial charge in [-0.05, 0) is 98.0 Å². The van der Waals surface area contributed by atoms with Gasteiger partial charge >= 0.3 is 0 Å². The van der Waals surface area contributed by atoms with E-state index in [-0.39, 0.29) is 5.82 Å². The van der Waals surface area contributed by atoms with Crippen LogP contribution in [0.3, 0.4) is 0 Å². The normalized spacial score (nSPS) is 12.0. The molecule has 5 rings (SSSR count). The van der Waals surface area contributed by atoms with Gasteiger partial charge in [-0.3, -0.25) is 9.97 Å². The quantitative estimate of drug-likeness (QED) is 0.193. The first-order chi connectivity index (χ1) is 20.3. The summed E-state index contributed by atoms with van der Waals surface area (Å²) >= 11 is 1.84. The van der Waals surface area contributed by atoms with Crippen LogP contribution in [-0.4, -0.2) is 28.7 Å². The maximum atomic E-state index is 12.5. The van der Waals surface area contributed by atoms with Gasteiger partial charge in [-0.2, -0.15) is 0 Å². The first-order valence-electron chi connectivity index (χ1n) is 15.3. The summed E-state index contributed by atoms with van der Waals surface area (Å²) in [6, 6.07) is 13.4. The van der Waals surface area contributed by atoms with Gasteiger partial charge in [0.2, 0.25) is 0 Å². The topological polar surface area (TPSA) is 98.0 Å². The molecule has 0 saturated heterocycles. The highest BCUT2D eigenvalue weighted by Crippen LogP contribution is 2.43. The molecule has 5 nitrogen and oxygen atoms in total. The molecule has 0 unspecified atom stereocenters. The van der Waals surface area contributed by atoms with Gasteiger partial charge in [0.15, 0.2) is 0 Å². The van der Waals surface area contributed by atoms with Crippen LogP contribution < -0.4 is 11.5 Å². The number of anilines is 1. The molecule has 1 aliphatic carbocycles. The van der Waals surface area contributed by atoms with E-state index in [2.05, 4.69) is 68.9 Å². The Morgan fingerprint density at radius 2 is 1.67 bits per heavy atom. The van der Waals surface area contributed by atoms with E-state index >= 15 is 0 Å². The number of aliphatic hydroxyl groups is 1. The lowest BCUT2D eigenvalue weighted by Crippen LogP contribution is -2.08. The number of aryl methyl sites for hydroxylation is 2. The summed E-state index contributed by atoms with van der Waals surface area (Å²) in [5.41, 5.74) is 16.4. The molecule has 7 heteroatoms. The first kappa shape index (κ1) is 37.2. The van der Waals surface area contributed by atoms with E-state index in [9.17, 15) is 4.39 Å². The number of fused-ring (bicyclic) bond motifs is 1. The second-order valence-electron chi connectivity index (χ2n) is 10.5. The lowest BCUT2D eigenvalue weighted by Gasteiger charge is -2.25. The number of thiophene rings is 1. The maximum absolute atomic E-state index is 12.5. The molecule has 0 amide bonds. The second kappa shape index (κ2) is 20.9. The van der Waals surface area contributed by atoms with Crippen LogP contribution in [0.15, 0.2) is 54.9 Å². The zero-order valence-corrected chi connectivity index (χ0v) is 27.6. The molecule has 1 aromatic carbocycles. The van der Waals surface area contributed by atoms with Crippen molar-refractivity contribution in [3.05, 3.63) is 77.4 Å². The Morgan fingerprint density at radius 1 is 1.00 bits per heavy atom. The average Bonchev–Trinajstić information content (AvgIpc) is 3.45. The van der Waals surface area contributed by atoms with Crippen LogP contribution >= 0.6 is 11.3 Å². The molecule has 1 fully saturated rings. The average molecular weight is 597 g/mol. The van der Waals surface area contributed by atoms with Gasteiger partial charge < -0.3 is 16.6 Å². The fraction of sp³-hybridized carbons (Fsp3) is 0.486. The van der Waals surface area contributed by atoms with Crippen molar-refractivity contribution in [3.8, 4) is 10.6 Å². The van der Waals surface area contributed by atoms with Crippen molar-refractivity contribution in [2.24, 2.45) is 11.7 Å². The van der Waals surface area contributed by atoms with E-state index < -0.39 is 0 Å². The predicted octanol–water partition coefficient (Wildman–Crippen LogP) is 9.31. The number of rotatable bonds is 6. The number of hydrogen-bond donors (Lipinski definition) is 3. The minimum absolute atomic E-state index is 0.241. The number of halogens is 1. The molecule has 1 aliphatic rings. The summed E-state index contributed by atoms with van der Waals surface area (Å²) in [5.74, 6) is 1.44. The molecule has 232 valence electrons. The minimum Gasteiger partial charge on any atom is -0.400 e. The Balaban J connectivity index is 0.000000348. The van der Waals surface area contributed by atoms with Gasteiger partial charge in [-0.25, -0.2) is 4.39 Å². The van der Waals surface area contributed by atoms with Crippen molar-refractivity contribution in [3.63, 3.8) is 0 Å². The molecule has 0 spiro atoms. The van der Waals surface area contributed by atoms with E-state index in [1.54, 1.807) is 19.1 Å². The lowest BCUT2D eigenvalue weighted by atomic mass is 9.80. The number of hydrogen-bond acceptors (Lipinski definition) is 6. The summed E-state index contributed by atoms with van der Waals surface area (Å²) in [4.78, 5) is 10.4. The largest absolute Gasteiger partial charge is 0.400 e. The van der Waals surface area contributed by atoms with Crippen molar-refractivity contribution in [2.75, 3.05) is 19.4 Å². The van der Waals surface area contributed by atoms with Gasteiger partial charge in [0.25, 0.3) is 0 Å². The standard InChI is InChI=1S/C18H18N2S.C7H8FN.C6H14.C3H9N.CH4O/c1-2-12-6-7-15(20-11-12)17-10-16-18(21-17)14(8-9-19-16)13-4-3-5-13;1-5-2-3-6(9)4-7(5)8;1-4-6(3)5-2;1-2-3-4;1-2/h6-11,13H,2-5H2,1H3;2-4H,9H2,1H3;6H,4-5H2,1-3H3;2-4H2,1H3;2H,1H3. The van der Waals surface area contributed by atoms with Gasteiger partial charge in [0, 0.05) is 25.2 Å². The van der Waals surface area contributed by atoms with Crippen LogP contribution in [0.2, 0.25) is 0 Å². The highest BCUT2D eigenvalue weighted by atomic mass is 32.1. The minimum atomic E-state index is -0.241. The Hall–Kier alpha value is -2.87. The number of aliphatic hydroxyl groups excluding tert-OH is 1. The molecular weight excluding hydrogens is 543 g/mol. The zero-order valence-electron chi connectivity index (χ0n) is 26.8. The van der Waals surface area contributed by atoms with Crippen molar-refractivity contribution in [2.45, 2.75) is 92.4 Å². The predicted molar refractivity (Wildman–Crippen MR) is 182 cm³/mol. The van der Waals surface area contributed by atoms with Crippen molar-refractivity contribution in [1.29, 1.82) is 0 Å². The first-order valence-corrected chi connectivity index (χ1v) is 16.1. The molecule has 0 aliphatic heterocycles. The molecule has 0 atom stereocenters. The van der Waals surface area contributed by atoms with E-state index in [0.717, 1.165) is 49.5 Å². The van der Waals surface area contributed by atoms with Gasteiger partial charge in [-0.1, -0.05) is 66.0 Å². The number of nitrogens with zero attached hydrogens (tertiary/aromatic N) is 2. The molecule has 3 aromatic heterocycles. The van der Waals surface area contributed by atoms with Crippen molar-refractivity contribution < 1.29 is 9.50 Å². The smallest absolute Gasteiger partial charge is 0.128 e. The van der Waals surface area contributed by atoms with E-state index in [1.165, 1.54) is 58.9 Å². The highest BCUT2D eigenvalue weighted by molar-refractivity contribution is 7.22. The summed E-state index contributed by atoms with van der Waals surface area (Å²) in [5, 5.41) is 7.00. The molecule has 0 radical (unpaired) electrons. The molecule has 4 aromatic rings. The Morgan fingerprint density at radius 3 is 2.10 bits per heavy atom. The van der Waals surface area contributed by atoms with Crippen molar-refractivity contribution in [1.82, 2.24) is 9.97 Å². The van der Waals surface area contributed by atoms with Crippen LogP contribution in [0.1, 0.15) is 95.8 Å². The van der Waals surface area contributed by atoms with Gasteiger partial charge in [0.1, 0.15) is 5.82 Å². The van der Waals surface area contributed by atoms with E-state index in [1.807, 2.05) is 23.7 Å². The number of pyridine rings is 2. The molecule has 1 saturated carbocycles. The van der Waals surface area contributed by atoms with Crippen LogP contribution in [0.5, 0.6) is 0 Å². The number of aromatic nitrogens is 2. The molecule has 42 heavy (non-hydrogen) atoms. The van der Waals surface area contributed by atoms with Gasteiger partial charge in [-0.15, -0.1) is 11.3 Å². The Kier molecular flexibility index (Phi) is 18.5. The van der Waals surface area contributed by atoms with Crippen LogP contribution in [-0.2, 0) is 6.42 Å². The summed E-state index contributed by atoms with van der Waals surface area (Å²) in [6.45, 7) is 13.5. The van der Waals surface area contributed by atoms with Gasteiger partial charge in [0.05, 0.1) is 20.8 Å². The highest BCUT2D eigenvalue weighted by Gasteiger charge is 2.22. The number of nitrogens with two attached hydrogens (primary N) is 2. The van der Waals surface area contributed by atoms with Crippen molar-refractivity contribution >= 4 is 27.2 Å². The monoisotopic (exact) mass is 596 g/mol. The summed E-state index contributed by atoms with van der Waals surface area (Å²) in [6.07, 6.45) is 12.8. The fourth-order valence-corrected chi connectivity index (χ4v) is 4.99. The number of nitrogen functional groups attached to an aromatic ring is 1. The molecule has 0 bridgehead atoms. The maximum Gasteiger partial charge on any atom is 0.128 e. The SMILES string of the molecule is CCC(C)CC.CCCN.CCc1ccc(-c2cc3nccc(C4CCC4)c3s2)nc1.CO.Cc1ccc(N)cc1F. The lowest BCUT2D eigenvalue weighted by molar-refractivity contribution is 0.399. The molecule has 5 N–H and O–H groups in total. The number of benzene rings is 1. The van der Waals surface area contributed by atoms with Crippen LogP contribution in [0.25, 0.3) is 20.8 Å². The third kappa shape index (κ3) is 12.2. The second-order valence-corrected chi connectivity index (χ2v) is 11.5. The fourth-order valence-electron chi connectivity index (χ4n) is 3.80. The van der Waals surface area contributed by atoms with E-state index in [4.69, 9.17) is 16.6 Å². The van der Waals surface area contributed by atoms with Crippen LogP contribution in [0.4, 0.5) is 10.1 Å². The Labute approximate surface area is 257 Å². The Bertz CT molecular complexity index is 1270.